The fourth-order valence-corrected chi connectivity index (χ4v) is 2.81. The molecule has 0 aliphatic heterocycles. The molecule has 2 aromatic rings. The number of hydrogen-bond donors (Lipinski definition) is 2. The molecule has 0 amide bonds. The van der Waals surface area contributed by atoms with Crippen molar-refractivity contribution in [3.63, 3.8) is 0 Å². The van der Waals surface area contributed by atoms with Crippen LogP contribution in [0.2, 0.25) is 0 Å². The Hall–Kier alpha value is -1.82. The van der Waals surface area contributed by atoms with Crippen LogP contribution in [0.3, 0.4) is 0 Å². The minimum atomic E-state index is 0.493. The lowest BCUT2D eigenvalue weighted by Gasteiger charge is -2.15. The van der Waals surface area contributed by atoms with E-state index in [1.54, 1.807) is 24.6 Å². The molecule has 6 heteroatoms. The van der Waals surface area contributed by atoms with Crippen molar-refractivity contribution in [2.75, 3.05) is 20.1 Å². The van der Waals surface area contributed by atoms with Gasteiger partial charge in [-0.3, -0.25) is 9.67 Å². The van der Waals surface area contributed by atoms with E-state index in [1.807, 2.05) is 16.9 Å². The topological polar surface area (TPSA) is 54.2 Å². The van der Waals surface area contributed by atoms with Gasteiger partial charge in [0.2, 0.25) is 0 Å². The quantitative estimate of drug-likeness (QED) is 0.469. The molecule has 0 aliphatic rings. The first-order chi connectivity index (χ1) is 10.3. The van der Waals surface area contributed by atoms with E-state index in [0.29, 0.717) is 5.92 Å². The Morgan fingerprint density at radius 1 is 1.43 bits per heavy atom. The third-order valence-electron chi connectivity index (χ3n) is 3.24. The maximum absolute atomic E-state index is 4.25. The molecule has 2 N–H and O–H groups in total. The monoisotopic (exact) mass is 305 g/mol. The van der Waals surface area contributed by atoms with Gasteiger partial charge in [0.1, 0.15) is 0 Å². The first-order valence-corrected chi connectivity index (χ1v) is 8.13. The number of nitrogens with one attached hydrogen (secondary N) is 2. The van der Waals surface area contributed by atoms with E-state index in [2.05, 4.69) is 45.2 Å². The number of guanidine groups is 1. The average molecular weight is 305 g/mol. The number of hydrogen-bond acceptors (Lipinski definition) is 3. The van der Waals surface area contributed by atoms with Gasteiger partial charge in [-0.05, 0) is 23.9 Å². The molecular weight excluding hydrogens is 282 g/mol. The minimum Gasteiger partial charge on any atom is -0.356 e. The lowest BCUT2D eigenvalue weighted by Crippen LogP contribution is -2.39. The molecule has 0 radical (unpaired) electrons. The third-order valence-corrected chi connectivity index (χ3v) is 4.35. The second-order valence-electron chi connectivity index (χ2n) is 4.92. The van der Waals surface area contributed by atoms with Crippen molar-refractivity contribution >= 4 is 17.3 Å². The molecule has 2 heterocycles. The Morgan fingerprint density at radius 3 is 3.00 bits per heavy atom. The first kappa shape index (κ1) is 15.6. The van der Waals surface area contributed by atoms with E-state index in [0.717, 1.165) is 32.0 Å². The summed E-state index contributed by atoms with van der Waals surface area (Å²) < 4.78 is 1.94. The number of aryl methyl sites for hydroxylation is 1. The number of nitrogens with zero attached hydrogens (tertiary/aromatic N) is 3. The van der Waals surface area contributed by atoms with Gasteiger partial charge in [0.05, 0.1) is 0 Å². The van der Waals surface area contributed by atoms with Crippen LogP contribution in [-0.4, -0.2) is 35.9 Å². The van der Waals surface area contributed by atoms with Gasteiger partial charge in [-0.1, -0.05) is 13.0 Å². The number of rotatable bonds is 7. The van der Waals surface area contributed by atoms with E-state index in [9.17, 15) is 0 Å². The fraction of sp³-hybridized carbons (Fsp3) is 0.467. The number of aromatic nitrogens is 2. The van der Waals surface area contributed by atoms with Crippen molar-refractivity contribution in [2.24, 2.45) is 4.99 Å². The molecule has 1 unspecified atom stereocenters. The van der Waals surface area contributed by atoms with Crippen LogP contribution >= 0.6 is 11.3 Å². The zero-order valence-electron chi connectivity index (χ0n) is 12.6. The zero-order chi connectivity index (χ0) is 14.9. The molecule has 0 bridgehead atoms. The predicted molar refractivity (Wildman–Crippen MR) is 88.9 cm³/mol. The van der Waals surface area contributed by atoms with Crippen LogP contribution in [0.5, 0.6) is 0 Å². The van der Waals surface area contributed by atoms with Crippen LogP contribution in [-0.2, 0) is 6.54 Å². The highest BCUT2D eigenvalue weighted by molar-refractivity contribution is 7.10. The Bertz CT molecular complexity index is 518. The summed E-state index contributed by atoms with van der Waals surface area (Å²) in [4.78, 5) is 5.65. The molecule has 0 fully saturated rings. The molecule has 0 spiro atoms. The summed E-state index contributed by atoms with van der Waals surface area (Å²) >= 11 is 1.80. The van der Waals surface area contributed by atoms with Crippen molar-refractivity contribution in [2.45, 2.75) is 25.8 Å². The molecule has 0 saturated heterocycles. The first-order valence-electron chi connectivity index (χ1n) is 7.25. The van der Waals surface area contributed by atoms with E-state index in [-0.39, 0.29) is 0 Å². The summed E-state index contributed by atoms with van der Waals surface area (Å²) in [6, 6.07) is 6.22. The predicted octanol–water partition coefficient (Wildman–Crippen LogP) is 2.30. The second-order valence-corrected chi connectivity index (χ2v) is 5.90. The second kappa shape index (κ2) is 8.46. The lowest BCUT2D eigenvalue weighted by atomic mass is 10.1. The van der Waals surface area contributed by atoms with Gasteiger partial charge in [-0.25, -0.2) is 0 Å². The largest absolute Gasteiger partial charge is 0.356 e. The van der Waals surface area contributed by atoms with Gasteiger partial charge in [-0.2, -0.15) is 5.10 Å². The number of aliphatic imine (C=N–C) groups is 1. The van der Waals surface area contributed by atoms with Crippen LogP contribution in [0.25, 0.3) is 0 Å². The highest BCUT2D eigenvalue weighted by atomic mass is 32.1. The van der Waals surface area contributed by atoms with Crippen LogP contribution in [0, 0.1) is 0 Å². The zero-order valence-corrected chi connectivity index (χ0v) is 13.4. The molecule has 21 heavy (non-hydrogen) atoms. The smallest absolute Gasteiger partial charge is 0.190 e. The molecule has 0 aliphatic carbocycles. The molecule has 0 aromatic carbocycles. The van der Waals surface area contributed by atoms with E-state index < -0.39 is 0 Å². The van der Waals surface area contributed by atoms with Crippen molar-refractivity contribution in [3.05, 3.63) is 40.8 Å². The summed E-state index contributed by atoms with van der Waals surface area (Å²) in [6.45, 7) is 4.92. The van der Waals surface area contributed by atoms with Crippen molar-refractivity contribution in [1.82, 2.24) is 20.4 Å². The molecular formula is C15H23N5S. The van der Waals surface area contributed by atoms with Gasteiger partial charge in [0, 0.05) is 49.9 Å². The minimum absolute atomic E-state index is 0.493. The van der Waals surface area contributed by atoms with E-state index >= 15 is 0 Å². The lowest BCUT2D eigenvalue weighted by molar-refractivity contribution is 0.569. The highest BCUT2D eigenvalue weighted by Crippen LogP contribution is 2.19. The summed E-state index contributed by atoms with van der Waals surface area (Å²) in [6.07, 6.45) is 4.80. The molecule has 5 nitrogen and oxygen atoms in total. The average Bonchev–Trinajstić information content (AvgIpc) is 3.19. The summed E-state index contributed by atoms with van der Waals surface area (Å²) in [5, 5.41) is 13.0. The Labute approximate surface area is 130 Å². The van der Waals surface area contributed by atoms with Crippen LogP contribution in [0.4, 0.5) is 0 Å². The van der Waals surface area contributed by atoms with Crippen LogP contribution in [0.1, 0.15) is 24.1 Å². The van der Waals surface area contributed by atoms with Gasteiger partial charge in [0.25, 0.3) is 0 Å². The van der Waals surface area contributed by atoms with Crippen molar-refractivity contribution < 1.29 is 0 Å². The molecule has 1 atom stereocenters. The number of thiophene rings is 1. The van der Waals surface area contributed by atoms with Crippen LogP contribution < -0.4 is 10.6 Å². The van der Waals surface area contributed by atoms with Crippen molar-refractivity contribution in [1.29, 1.82) is 0 Å². The summed E-state index contributed by atoms with van der Waals surface area (Å²) in [5.41, 5.74) is 0. The summed E-state index contributed by atoms with van der Waals surface area (Å²) in [7, 11) is 1.80. The Kier molecular flexibility index (Phi) is 6.27. The highest BCUT2D eigenvalue weighted by Gasteiger charge is 2.07. The maximum Gasteiger partial charge on any atom is 0.190 e. The molecule has 114 valence electrons. The third kappa shape index (κ3) is 5.23. The van der Waals surface area contributed by atoms with Gasteiger partial charge >= 0.3 is 0 Å². The van der Waals surface area contributed by atoms with Crippen molar-refractivity contribution in [3.8, 4) is 0 Å². The summed E-state index contributed by atoms with van der Waals surface area (Å²) in [5.74, 6) is 1.35. The SMILES string of the molecule is CN=C(NCCCn1cccn1)NCC(C)c1cccs1. The van der Waals surface area contributed by atoms with E-state index in [1.165, 1.54) is 4.88 Å². The van der Waals surface area contributed by atoms with Crippen LogP contribution in [0.15, 0.2) is 41.0 Å². The van der Waals surface area contributed by atoms with Gasteiger partial charge in [0.15, 0.2) is 5.96 Å². The van der Waals surface area contributed by atoms with Gasteiger partial charge < -0.3 is 10.6 Å². The fourth-order valence-electron chi connectivity index (χ4n) is 2.02. The maximum atomic E-state index is 4.25. The standard InChI is InChI=1S/C15H23N5S/c1-13(14-6-3-11-21-14)12-18-15(16-2)17-7-4-9-20-10-5-8-19-20/h3,5-6,8,10-11,13H,4,7,9,12H2,1-2H3,(H2,16,17,18). The van der Waals surface area contributed by atoms with Gasteiger partial charge in [-0.15, -0.1) is 11.3 Å². The normalized spacial score (nSPS) is 13.1. The molecule has 2 rings (SSSR count). The Balaban J connectivity index is 1.64. The Morgan fingerprint density at radius 2 is 2.33 bits per heavy atom. The van der Waals surface area contributed by atoms with E-state index in [4.69, 9.17) is 0 Å². The molecule has 2 aromatic heterocycles. The molecule has 0 saturated carbocycles.